The lowest BCUT2D eigenvalue weighted by atomic mass is 10.2. The second-order valence-electron chi connectivity index (χ2n) is 3.15. The van der Waals surface area contributed by atoms with Crippen LogP contribution >= 0.6 is 11.3 Å². The van der Waals surface area contributed by atoms with Gasteiger partial charge in [0.05, 0.1) is 11.4 Å². The molecule has 0 aliphatic carbocycles. The fourth-order valence-corrected chi connectivity index (χ4v) is 2.34. The zero-order chi connectivity index (χ0) is 9.42. The van der Waals surface area contributed by atoms with Gasteiger partial charge < -0.3 is 5.32 Å². The number of imidazole rings is 1. The first-order valence-corrected chi connectivity index (χ1v) is 5.21. The molecule has 2 heterocycles. The molecule has 0 aliphatic heterocycles. The summed E-state index contributed by atoms with van der Waals surface area (Å²) in [7, 11) is 1.97. The Hall–Kier alpha value is -0.870. The molecule has 13 heavy (non-hydrogen) atoms. The highest BCUT2D eigenvalue weighted by Gasteiger charge is 2.13. The van der Waals surface area contributed by atoms with Crippen molar-refractivity contribution in [2.75, 3.05) is 7.05 Å². The third-order valence-corrected chi connectivity index (χ3v) is 3.08. The first kappa shape index (κ1) is 8.72. The quantitative estimate of drug-likeness (QED) is 0.794. The van der Waals surface area contributed by atoms with Crippen LogP contribution in [0.15, 0.2) is 11.6 Å². The van der Waals surface area contributed by atoms with Gasteiger partial charge in [-0.1, -0.05) is 0 Å². The molecule has 1 atom stereocenters. The predicted octanol–water partition coefficient (Wildman–Crippen LogP) is 1.98. The van der Waals surface area contributed by atoms with Crippen molar-refractivity contribution in [1.82, 2.24) is 14.7 Å². The van der Waals surface area contributed by atoms with Crippen LogP contribution in [0.2, 0.25) is 0 Å². The number of hydrogen-bond acceptors (Lipinski definition) is 3. The van der Waals surface area contributed by atoms with Gasteiger partial charge in [-0.15, -0.1) is 11.3 Å². The fraction of sp³-hybridized carbons (Fsp3) is 0.444. The Labute approximate surface area is 81.4 Å². The molecule has 0 aromatic carbocycles. The molecule has 0 bridgehead atoms. The lowest BCUT2D eigenvalue weighted by Crippen LogP contribution is -2.15. The van der Waals surface area contributed by atoms with Crippen molar-refractivity contribution in [2.45, 2.75) is 19.9 Å². The average Bonchev–Trinajstić information content (AvgIpc) is 2.62. The molecule has 0 aliphatic rings. The van der Waals surface area contributed by atoms with Crippen LogP contribution in [0.1, 0.15) is 24.4 Å². The Balaban J connectivity index is 2.63. The van der Waals surface area contributed by atoms with Gasteiger partial charge >= 0.3 is 0 Å². The van der Waals surface area contributed by atoms with E-state index in [1.54, 1.807) is 11.3 Å². The third kappa shape index (κ3) is 1.26. The van der Waals surface area contributed by atoms with Crippen LogP contribution in [-0.4, -0.2) is 16.4 Å². The second-order valence-corrected chi connectivity index (χ2v) is 4.02. The molecule has 3 nitrogen and oxygen atoms in total. The minimum atomic E-state index is 0.351. The van der Waals surface area contributed by atoms with Crippen molar-refractivity contribution in [3.63, 3.8) is 0 Å². The smallest absolute Gasteiger partial charge is 0.194 e. The van der Waals surface area contributed by atoms with Crippen LogP contribution in [0.3, 0.4) is 0 Å². The number of fused-ring (bicyclic) bond motifs is 1. The highest BCUT2D eigenvalue weighted by molar-refractivity contribution is 7.15. The molecule has 0 saturated carbocycles. The van der Waals surface area contributed by atoms with Gasteiger partial charge in [0.25, 0.3) is 0 Å². The van der Waals surface area contributed by atoms with E-state index < -0.39 is 0 Å². The van der Waals surface area contributed by atoms with Gasteiger partial charge in [-0.25, -0.2) is 4.98 Å². The molecule has 0 saturated heterocycles. The number of hydrogen-bond donors (Lipinski definition) is 1. The van der Waals surface area contributed by atoms with E-state index in [2.05, 4.69) is 40.1 Å². The summed E-state index contributed by atoms with van der Waals surface area (Å²) >= 11 is 1.67. The summed E-state index contributed by atoms with van der Waals surface area (Å²) in [5.74, 6) is 0. The van der Waals surface area contributed by atoms with Crippen molar-refractivity contribution in [3.8, 4) is 0 Å². The Morgan fingerprint density at radius 2 is 2.38 bits per heavy atom. The molecular weight excluding hydrogens is 182 g/mol. The van der Waals surface area contributed by atoms with Gasteiger partial charge in [0, 0.05) is 17.6 Å². The molecule has 70 valence electrons. The van der Waals surface area contributed by atoms with Crippen LogP contribution in [0.4, 0.5) is 0 Å². The topological polar surface area (TPSA) is 29.3 Å². The molecule has 0 radical (unpaired) electrons. The standard InChI is InChI=1S/C9H13N3S/c1-6(10-3)8-7(2)11-9-12(8)4-5-13-9/h4-6,10H,1-3H3. The molecular formula is C9H13N3S. The van der Waals surface area contributed by atoms with Crippen molar-refractivity contribution in [1.29, 1.82) is 0 Å². The normalized spacial score (nSPS) is 13.8. The van der Waals surface area contributed by atoms with E-state index >= 15 is 0 Å². The maximum absolute atomic E-state index is 4.48. The number of aryl methyl sites for hydroxylation is 1. The zero-order valence-corrected chi connectivity index (χ0v) is 8.85. The Morgan fingerprint density at radius 3 is 3.08 bits per heavy atom. The summed E-state index contributed by atoms with van der Waals surface area (Å²) < 4.78 is 2.15. The van der Waals surface area contributed by atoms with Gasteiger partial charge in [-0.3, -0.25) is 4.40 Å². The van der Waals surface area contributed by atoms with Crippen LogP contribution in [-0.2, 0) is 0 Å². The Bertz CT molecular complexity index is 415. The van der Waals surface area contributed by atoms with E-state index in [0.29, 0.717) is 6.04 Å². The molecule has 4 heteroatoms. The van der Waals surface area contributed by atoms with Gasteiger partial charge in [0.2, 0.25) is 0 Å². The van der Waals surface area contributed by atoms with Gasteiger partial charge in [-0.2, -0.15) is 0 Å². The second kappa shape index (κ2) is 3.12. The van der Waals surface area contributed by atoms with E-state index in [-0.39, 0.29) is 0 Å². The minimum Gasteiger partial charge on any atom is -0.312 e. The number of thiazole rings is 1. The minimum absolute atomic E-state index is 0.351. The first-order chi connectivity index (χ1) is 6.24. The molecule has 2 rings (SSSR count). The lowest BCUT2D eigenvalue weighted by molar-refractivity contribution is 0.624. The van der Waals surface area contributed by atoms with Crippen LogP contribution in [0.25, 0.3) is 4.96 Å². The maximum Gasteiger partial charge on any atom is 0.194 e. The SMILES string of the molecule is CNC(C)c1c(C)nc2sccn12. The summed E-state index contributed by atoms with van der Waals surface area (Å²) in [5.41, 5.74) is 2.38. The summed E-state index contributed by atoms with van der Waals surface area (Å²) in [5, 5.41) is 5.30. The van der Waals surface area contributed by atoms with Crippen molar-refractivity contribution < 1.29 is 0 Å². The molecule has 2 aromatic rings. The molecule has 1 N–H and O–H groups in total. The summed E-state index contributed by atoms with van der Waals surface area (Å²) in [6.45, 7) is 4.21. The van der Waals surface area contributed by atoms with Gasteiger partial charge in [0.15, 0.2) is 4.96 Å². The number of aromatic nitrogens is 2. The molecule has 0 spiro atoms. The van der Waals surface area contributed by atoms with E-state index in [1.807, 2.05) is 7.05 Å². The van der Waals surface area contributed by atoms with Crippen molar-refractivity contribution in [2.24, 2.45) is 0 Å². The van der Waals surface area contributed by atoms with Gasteiger partial charge in [0.1, 0.15) is 0 Å². The van der Waals surface area contributed by atoms with E-state index in [9.17, 15) is 0 Å². The molecule has 1 unspecified atom stereocenters. The molecule has 2 aromatic heterocycles. The van der Waals surface area contributed by atoms with Crippen LogP contribution < -0.4 is 5.32 Å². The fourth-order valence-electron chi connectivity index (χ4n) is 1.57. The summed E-state index contributed by atoms with van der Waals surface area (Å²) in [6, 6.07) is 0.351. The van der Waals surface area contributed by atoms with Crippen LogP contribution in [0.5, 0.6) is 0 Å². The van der Waals surface area contributed by atoms with Crippen molar-refractivity contribution in [3.05, 3.63) is 23.0 Å². The van der Waals surface area contributed by atoms with Crippen molar-refractivity contribution >= 4 is 16.3 Å². The van der Waals surface area contributed by atoms with E-state index in [0.717, 1.165) is 10.7 Å². The Kier molecular flexibility index (Phi) is 2.09. The molecule has 0 fully saturated rings. The van der Waals surface area contributed by atoms with E-state index in [1.165, 1.54) is 5.69 Å². The Morgan fingerprint density at radius 1 is 1.62 bits per heavy atom. The molecule has 0 amide bonds. The number of rotatable bonds is 2. The lowest BCUT2D eigenvalue weighted by Gasteiger charge is -2.09. The number of nitrogens with zero attached hydrogens (tertiary/aromatic N) is 2. The monoisotopic (exact) mass is 195 g/mol. The van der Waals surface area contributed by atoms with Crippen LogP contribution in [0, 0.1) is 6.92 Å². The largest absolute Gasteiger partial charge is 0.312 e. The summed E-state index contributed by atoms with van der Waals surface area (Å²) in [4.78, 5) is 5.56. The third-order valence-electron chi connectivity index (χ3n) is 2.33. The van der Waals surface area contributed by atoms with Gasteiger partial charge in [-0.05, 0) is 20.9 Å². The highest BCUT2D eigenvalue weighted by Crippen LogP contribution is 2.21. The average molecular weight is 195 g/mol. The maximum atomic E-state index is 4.48. The zero-order valence-electron chi connectivity index (χ0n) is 8.03. The predicted molar refractivity (Wildman–Crippen MR) is 55.3 cm³/mol. The summed E-state index contributed by atoms with van der Waals surface area (Å²) in [6.07, 6.45) is 2.07. The number of nitrogens with one attached hydrogen (secondary N) is 1. The first-order valence-electron chi connectivity index (χ1n) is 4.33. The highest BCUT2D eigenvalue weighted by atomic mass is 32.1. The van der Waals surface area contributed by atoms with E-state index in [4.69, 9.17) is 0 Å².